The molecule has 4 rings (SSSR count). The van der Waals surface area contributed by atoms with E-state index >= 15 is 0 Å². The molecule has 0 bridgehead atoms. The molecule has 0 saturated carbocycles. The average Bonchev–Trinajstić information content (AvgIpc) is 3.16. The standard InChI is InChI=1S/C23H36N2O2.C23H36N2/c1-3-22(26)9-4-5-10-23(27)19-25-17-13-21(14-18-25)8-6-7-20-11-15-24(2)16-12-20;1-3-4-5-6-7-8-9-17-25-20-15-23(16-21-25)12-10-11-22-13-18-24(2)19-14-22/h11-18,22-23,26-27H,3-10,19H2,1-2H3;13-16,18-21H,3-12,17H2,1-2H3/q2*+2. The molecule has 0 spiro atoms. The van der Waals surface area contributed by atoms with Gasteiger partial charge in [0, 0.05) is 55.0 Å². The Balaban J connectivity index is 0.000000281. The van der Waals surface area contributed by atoms with Crippen LogP contribution in [0.25, 0.3) is 0 Å². The van der Waals surface area contributed by atoms with Gasteiger partial charge in [-0.3, -0.25) is 0 Å². The molecule has 4 heterocycles. The second-order valence-corrected chi connectivity index (χ2v) is 14.9. The van der Waals surface area contributed by atoms with Crippen molar-refractivity contribution in [2.75, 3.05) is 0 Å². The molecule has 0 aromatic carbocycles. The SMILES string of the molecule is CCC(O)CCCCC(O)C[n+]1ccc(CCCc2cc[n+](C)cc2)cc1.CCCCCCCCC[n+]1ccc(CCCc2cc[n+](C)cc2)cc1. The van der Waals surface area contributed by atoms with Gasteiger partial charge < -0.3 is 10.2 Å². The van der Waals surface area contributed by atoms with Crippen LogP contribution in [0.4, 0.5) is 0 Å². The molecule has 0 radical (unpaired) electrons. The molecule has 0 amide bonds. The molecular weight excluding hydrogens is 641 g/mol. The van der Waals surface area contributed by atoms with Crippen molar-refractivity contribution in [1.29, 1.82) is 0 Å². The lowest BCUT2D eigenvalue weighted by Crippen LogP contribution is -2.39. The first-order valence-electron chi connectivity index (χ1n) is 20.5. The van der Waals surface area contributed by atoms with Crippen molar-refractivity contribution >= 4 is 0 Å². The number of hydrogen-bond acceptors (Lipinski definition) is 2. The Labute approximate surface area is 316 Å². The fourth-order valence-electron chi connectivity index (χ4n) is 6.52. The number of unbranched alkanes of at least 4 members (excludes halogenated alkanes) is 7. The van der Waals surface area contributed by atoms with Crippen molar-refractivity contribution in [3.05, 3.63) is 120 Å². The van der Waals surface area contributed by atoms with Crippen LogP contribution in [0.15, 0.2) is 98.1 Å². The Morgan fingerprint density at radius 2 is 0.827 bits per heavy atom. The highest BCUT2D eigenvalue weighted by Crippen LogP contribution is 2.11. The van der Waals surface area contributed by atoms with E-state index in [1.807, 2.05) is 14.0 Å². The summed E-state index contributed by atoms with van der Waals surface area (Å²) >= 11 is 0. The number of aliphatic hydroxyl groups is 2. The number of hydrogen-bond donors (Lipinski definition) is 2. The van der Waals surface area contributed by atoms with Crippen molar-refractivity contribution in [3.8, 4) is 0 Å². The summed E-state index contributed by atoms with van der Waals surface area (Å²) in [4.78, 5) is 0. The van der Waals surface area contributed by atoms with Gasteiger partial charge in [0.15, 0.2) is 56.1 Å². The zero-order valence-corrected chi connectivity index (χ0v) is 33.2. The molecule has 4 aromatic heterocycles. The Hall–Kier alpha value is -3.48. The van der Waals surface area contributed by atoms with Gasteiger partial charge >= 0.3 is 0 Å². The Morgan fingerprint density at radius 3 is 1.27 bits per heavy atom. The molecule has 0 fully saturated rings. The molecule has 2 N–H and O–H groups in total. The highest BCUT2D eigenvalue weighted by molar-refractivity contribution is 5.12. The normalized spacial score (nSPS) is 12.3. The van der Waals surface area contributed by atoms with E-state index in [0.29, 0.717) is 6.54 Å². The van der Waals surface area contributed by atoms with E-state index in [-0.39, 0.29) is 12.2 Å². The largest absolute Gasteiger partial charge is 0.393 e. The van der Waals surface area contributed by atoms with Gasteiger partial charge in [-0.1, -0.05) is 58.8 Å². The van der Waals surface area contributed by atoms with Gasteiger partial charge in [0.2, 0.25) is 0 Å². The molecule has 2 atom stereocenters. The Kier molecular flexibility index (Phi) is 21.7. The lowest BCUT2D eigenvalue weighted by atomic mass is 10.1. The first-order chi connectivity index (χ1) is 25.3. The van der Waals surface area contributed by atoms with E-state index in [1.54, 1.807) is 0 Å². The number of rotatable bonds is 24. The maximum Gasteiger partial charge on any atom is 0.174 e. The van der Waals surface area contributed by atoms with Crippen molar-refractivity contribution in [2.45, 2.75) is 155 Å². The Bertz CT molecular complexity index is 1440. The molecule has 6 heteroatoms. The van der Waals surface area contributed by atoms with E-state index in [1.165, 1.54) is 80.0 Å². The van der Waals surface area contributed by atoms with E-state index in [4.69, 9.17) is 0 Å². The fraction of sp³-hybridized carbons (Fsp3) is 0.565. The second kappa shape index (κ2) is 26.3. The van der Waals surface area contributed by atoms with Crippen LogP contribution in [0.5, 0.6) is 0 Å². The van der Waals surface area contributed by atoms with E-state index in [0.717, 1.165) is 64.3 Å². The molecule has 2 unspecified atom stereocenters. The highest BCUT2D eigenvalue weighted by Gasteiger charge is 2.11. The van der Waals surface area contributed by atoms with Crippen LogP contribution in [0, 0.1) is 0 Å². The van der Waals surface area contributed by atoms with Gasteiger partial charge in [-0.25, -0.2) is 18.3 Å². The average molecular weight is 713 g/mol. The van der Waals surface area contributed by atoms with Gasteiger partial charge in [0.1, 0.15) is 26.7 Å². The summed E-state index contributed by atoms with van der Waals surface area (Å²) in [5.74, 6) is 0. The minimum absolute atomic E-state index is 0.186. The van der Waals surface area contributed by atoms with Crippen LogP contribution >= 0.6 is 0 Å². The molecule has 0 aliphatic heterocycles. The smallest absolute Gasteiger partial charge is 0.174 e. The number of aryl methyl sites for hydroxylation is 7. The molecular formula is C46H72N4O2+4. The zero-order valence-electron chi connectivity index (χ0n) is 33.2. The van der Waals surface area contributed by atoms with Crippen molar-refractivity contribution < 1.29 is 28.5 Å². The van der Waals surface area contributed by atoms with Crippen molar-refractivity contribution in [3.63, 3.8) is 0 Å². The minimum Gasteiger partial charge on any atom is -0.393 e. The van der Waals surface area contributed by atoms with Crippen LogP contribution in [0.1, 0.15) is 126 Å². The third kappa shape index (κ3) is 19.4. The fourth-order valence-corrected chi connectivity index (χ4v) is 6.52. The van der Waals surface area contributed by atoms with Crippen LogP contribution in [0.3, 0.4) is 0 Å². The molecule has 0 saturated heterocycles. The number of aliphatic hydroxyl groups excluding tert-OH is 2. The molecule has 284 valence electrons. The number of nitrogens with zero attached hydrogens (tertiary/aromatic N) is 4. The molecule has 0 aliphatic rings. The minimum atomic E-state index is -0.320. The maximum absolute atomic E-state index is 10.2. The van der Waals surface area contributed by atoms with Gasteiger partial charge in [0.05, 0.1) is 6.10 Å². The Morgan fingerprint density at radius 1 is 0.442 bits per heavy atom. The van der Waals surface area contributed by atoms with E-state index < -0.39 is 0 Å². The first-order valence-corrected chi connectivity index (χ1v) is 20.5. The third-order valence-corrected chi connectivity index (χ3v) is 10.1. The summed E-state index contributed by atoms with van der Waals surface area (Å²) < 4.78 is 8.55. The topological polar surface area (TPSA) is 56.0 Å². The monoisotopic (exact) mass is 713 g/mol. The van der Waals surface area contributed by atoms with E-state index in [9.17, 15) is 10.2 Å². The predicted molar refractivity (Wildman–Crippen MR) is 211 cm³/mol. The van der Waals surface area contributed by atoms with E-state index in [2.05, 4.69) is 130 Å². The lowest BCUT2D eigenvalue weighted by Gasteiger charge is -2.09. The summed E-state index contributed by atoms with van der Waals surface area (Å²) in [5.41, 5.74) is 5.62. The lowest BCUT2D eigenvalue weighted by molar-refractivity contribution is -0.703. The summed E-state index contributed by atoms with van der Waals surface area (Å²) in [6.45, 7) is 6.08. The van der Waals surface area contributed by atoms with Crippen LogP contribution in [-0.2, 0) is 52.9 Å². The quantitative estimate of drug-likeness (QED) is 0.0589. The maximum atomic E-state index is 10.2. The van der Waals surface area contributed by atoms with Crippen LogP contribution in [-0.4, -0.2) is 22.4 Å². The summed E-state index contributed by atoms with van der Waals surface area (Å²) in [7, 11) is 4.10. The summed E-state index contributed by atoms with van der Waals surface area (Å²) in [6, 6.07) is 17.7. The van der Waals surface area contributed by atoms with Crippen molar-refractivity contribution in [1.82, 2.24) is 0 Å². The predicted octanol–water partition coefficient (Wildman–Crippen LogP) is 7.39. The number of aromatic nitrogens is 4. The summed E-state index contributed by atoms with van der Waals surface area (Å²) in [5, 5.41) is 19.8. The highest BCUT2D eigenvalue weighted by atomic mass is 16.3. The zero-order chi connectivity index (χ0) is 37.2. The van der Waals surface area contributed by atoms with Crippen LogP contribution in [0.2, 0.25) is 0 Å². The van der Waals surface area contributed by atoms with Crippen molar-refractivity contribution in [2.24, 2.45) is 14.1 Å². The molecule has 52 heavy (non-hydrogen) atoms. The summed E-state index contributed by atoms with van der Waals surface area (Å²) in [6.07, 6.45) is 37.5. The molecule has 6 nitrogen and oxygen atoms in total. The van der Waals surface area contributed by atoms with Gasteiger partial charge in [-0.05, 0) is 86.5 Å². The first kappa shape index (κ1) is 42.9. The third-order valence-electron chi connectivity index (χ3n) is 10.1. The van der Waals surface area contributed by atoms with Crippen LogP contribution < -0.4 is 18.3 Å². The van der Waals surface area contributed by atoms with Gasteiger partial charge in [-0.2, -0.15) is 0 Å². The molecule has 0 aliphatic carbocycles. The molecule has 4 aromatic rings. The van der Waals surface area contributed by atoms with Gasteiger partial charge in [0.25, 0.3) is 0 Å². The van der Waals surface area contributed by atoms with Gasteiger partial charge in [-0.15, -0.1) is 0 Å². The second-order valence-electron chi connectivity index (χ2n) is 14.9. The number of pyridine rings is 4.